The molecule has 0 amide bonds. The molecule has 0 aliphatic heterocycles. The molecule has 0 radical (unpaired) electrons. The van der Waals surface area contributed by atoms with Crippen molar-refractivity contribution in [2.24, 2.45) is 17.3 Å². The monoisotopic (exact) mass is 257 g/mol. The summed E-state index contributed by atoms with van der Waals surface area (Å²) in [6.07, 6.45) is 5.98. The number of aliphatic hydroxyl groups excluding tert-OH is 1. The van der Waals surface area contributed by atoms with Crippen LogP contribution in [0, 0.1) is 17.3 Å². The van der Waals surface area contributed by atoms with E-state index in [2.05, 4.69) is 46.9 Å². The fourth-order valence-corrected chi connectivity index (χ4v) is 2.49. The maximum atomic E-state index is 10.4. The standard InChI is InChI=1S/C16H35NO/c1-7-8-9-10-11-12-17-15(18)16(6,13(2)3)14(4)5/h13-15,17-18H,7-12H2,1-6H3. The fraction of sp³-hybridized carbons (Fsp3) is 1.00. The maximum Gasteiger partial charge on any atom is 0.110 e. The van der Waals surface area contributed by atoms with Crippen LogP contribution in [0.4, 0.5) is 0 Å². The molecule has 1 unspecified atom stereocenters. The molecule has 18 heavy (non-hydrogen) atoms. The number of unbranched alkanes of at least 4 members (excludes halogenated alkanes) is 4. The third-order valence-electron chi connectivity index (χ3n) is 4.70. The highest BCUT2D eigenvalue weighted by Crippen LogP contribution is 2.37. The lowest BCUT2D eigenvalue weighted by molar-refractivity contribution is -0.0516. The van der Waals surface area contributed by atoms with E-state index in [1.54, 1.807) is 0 Å². The predicted octanol–water partition coefficient (Wildman–Crippen LogP) is 4.18. The van der Waals surface area contributed by atoms with Crippen molar-refractivity contribution in [3.05, 3.63) is 0 Å². The molecule has 0 saturated heterocycles. The number of hydrogen-bond acceptors (Lipinski definition) is 2. The molecule has 0 saturated carbocycles. The summed E-state index contributed by atoms with van der Waals surface area (Å²) in [4.78, 5) is 0. The molecule has 2 heteroatoms. The van der Waals surface area contributed by atoms with Gasteiger partial charge < -0.3 is 5.11 Å². The van der Waals surface area contributed by atoms with Crippen LogP contribution in [0.15, 0.2) is 0 Å². The van der Waals surface area contributed by atoms with Crippen LogP contribution in [-0.2, 0) is 0 Å². The van der Waals surface area contributed by atoms with E-state index in [4.69, 9.17) is 0 Å². The zero-order chi connectivity index (χ0) is 14.2. The Labute approximate surface area is 115 Å². The summed E-state index contributed by atoms with van der Waals surface area (Å²) < 4.78 is 0. The zero-order valence-electron chi connectivity index (χ0n) is 13.4. The Balaban J connectivity index is 4.02. The Bertz CT molecular complexity index is 193. The molecule has 0 rings (SSSR count). The second-order valence-electron chi connectivity index (χ2n) is 6.45. The van der Waals surface area contributed by atoms with Gasteiger partial charge in [-0.25, -0.2) is 0 Å². The number of nitrogens with one attached hydrogen (secondary N) is 1. The minimum atomic E-state index is -0.399. The summed E-state index contributed by atoms with van der Waals surface area (Å²) in [7, 11) is 0. The first-order valence-electron chi connectivity index (χ1n) is 7.78. The van der Waals surface area contributed by atoms with Crippen LogP contribution in [0.25, 0.3) is 0 Å². The lowest BCUT2D eigenvalue weighted by Gasteiger charge is -2.42. The highest BCUT2D eigenvalue weighted by atomic mass is 16.3. The second kappa shape index (κ2) is 8.92. The van der Waals surface area contributed by atoms with E-state index in [0.717, 1.165) is 6.54 Å². The van der Waals surface area contributed by atoms with Crippen molar-refractivity contribution < 1.29 is 5.11 Å². The largest absolute Gasteiger partial charge is 0.378 e. The van der Waals surface area contributed by atoms with Crippen LogP contribution in [0.3, 0.4) is 0 Å². The summed E-state index contributed by atoms with van der Waals surface area (Å²) in [5.74, 6) is 0.945. The van der Waals surface area contributed by atoms with Gasteiger partial charge in [-0.1, -0.05) is 67.2 Å². The molecule has 2 N–H and O–H groups in total. The van der Waals surface area contributed by atoms with E-state index in [1.807, 2.05) is 0 Å². The quantitative estimate of drug-likeness (QED) is 0.454. The Kier molecular flexibility index (Phi) is 8.89. The van der Waals surface area contributed by atoms with Crippen molar-refractivity contribution in [3.63, 3.8) is 0 Å². The Morgan fingerprint density at radius 3 is 1.89 bits per heavy atom. The van der Waals surface area contributed by atoms with Crippen LogP contribution in [0.5, 0.6) is 0 Å². The van der Waals surface area contributed by atoms with Crippen molar-refractivity contribution >= 4 is 0 Å². The Hall–Kier alpha value is -0.0800. The Morgan fingerprint density at radius 1 is 0.944 bits per heavy atom. The molecule has 0 fully saturated rings. The van der Waals surface area contributed by atoms with Gasteiger partial charge in [0.25, 0.3) is 0 Å². The van der Waals surface area contributed by atoms with Crippen molar-refractivity contribution in [2.75, 3.05) is 6.54 Å². The molecule has 0 aromatic heterocycles. The van der Waals surface area contributed by atoms with Crippen molar-refractivity contribution in [3.8, 4) is 0 Å². The minimum absolute atomic E-state index is 0.0522. The number of aliphatic hydroxyl groups is 1. The van der Waals surface area contributed by atoms with Crippen LogP contribution < -0.4 is 5.32 Å². The molecule has 0 aromatic rings. The first-order chi connectivity index (χ1) is 8.37. The van der Waals surface area contributed by atoms with E-state index in [-0.39, 0.29) is 5.41 Å². The molecule has 0 aliphatic carbocycles. The van der Waals surface area contributed by atoms with Crippen LogP contribution >= 0.6 is 0 Å². The highest BCUT2D eigenvalue weighted by Gasteiger charge is 2.38. The van der Waals surface area contributed by atoms with Gasteiger partial charge in [-0.2, -0.15) is 0 Å². The molecule has 0 aliphatic rings. The summed E-state index contributed by atoms with van der Waals surface area (Å²) in [5, 5.41) is 13.7. The summed E-state index contributed by atoms with van der Waals surface area (Å²) >= 11 is 0. The molecule has 0 spiro atoms. The third kappa shape index (κ3) is 5.27. The average Bonchev–Trinajstić information content (AvgIpc) is 2.31. The fourth-order valence-electron chi connectivity index (χ4n) is 2.49. The van der Waals surface area contributed by atoms with Gasteiger partial charge in [0.2, 0.25) is 0 Å². The van der Waals surface area contributed by atoms with Gasteiger partial charge in [-0.3, -0.25) is 5.32 Å². The van der Waals surface area contributed by atoms with Gasteiger partial charge in [0, 0.05) is 5.41 Å². The van der Waals surface area contributed by atoms with Gasteiger partial charge >= 0.3 is 0 Å². The Morgan fingerprint density at radius 2 is 1.44 bits per heavy atom. The van der Waals surface area contributed by atoms with E-state index in [1.165, 1.54) is 32.1 Å². The summed E-state index contributed by atoms with van der Waals surface area (Å²) in [5.41, 5.74) is -0.0522. The van der Waals surface area contributed by atoms with Crippen molar-refractivity contribution in [1.29, 1.82) is 0 Å². The molecular weight excluding hydrogens is 222 g/mol. The number of hydrogen-bond donors (Lipinski definition) is 2. The average molecular weight is 257 g/mol. The number of rotatable bonds is 10. The molecule has 110 valence electrons. The molecule has 1 atom stereocenters. The van der Waals surface area contributed by atoms with E-state index in [0.29, 0.717) is 11.8 Å². The van der Waals surface area contributed by atoms with Gasteiger partial charge in [0.15, 0.2) is 0 Å². The molecule has 0 bridgehead atoms. The van der Waals surface area contributed by atoms with E-state index >= 15 is 0 Å². The smallest absolute Gasteiger partial charge is 0.110 e. The van der Waals surface area contributed by atoms with Crippen LogP contribution in [-0.4, -0.2) is 17.9 Å². The third-order valence-corrected chi connectivity index (χ3v) is 4.70. The summed E-state index contributed by atoms with van der Waals surface area (Å²) in [6.45, 7) is 14.2. The molecular formula is C16H35NO. The SMILES string of the molecule is CCCCCCCNC(O)C(C)(C(C)C)C(C)C. The summed E-state index contributed by atoms with van der Waals surface area (Å²) in [6, 6.07) is 0. The maximum absolute atomic E-state index is 10.4. The lowest BCUT2D eigenvalue weighted by atomic mass is 9.69. The van der Waals surface area contributed by atoms with Crippen molar-refractivity contribution in [2.45, 2.75) is 79.9 Å². The predicted molar refractivity (Wildman–Crippen MR) is 80.6 cm³/mol. The second-order valence-corrected chi connectivity index (χ2v) is 6.45. The van der Waals surface area contributed by atoms with Crippen LogP contribution in [0.1, 0.15) is 73.6 Å². The van der Waals surface area contributed by atoms with Gasteiger partial charge in [-0.15, -0.1) is 0 Å². The van der Waals surface area contributed by atoms with Gasteiger partial charge in [0.1, 0.15) is 6.23 Å². The molecule has 0 heterocycles. The highest BCUT2D eigenvalue weighted by molar-refractivity contribution is 4.86. The first kappa shape index (κ1) is 17.9. The van der Waals surface area contributed by atoms with Crippen LogP contribution in [0.2, 0.25) is 0 Å². The van der Waals surface area contributed by atoms with Gasteiger partial charge in [0.05, 0.1) is 0 Å². The first-order valence-corrected chi connectivity index (χ1v) is 7.78. The molecule has 2 nitrogen and oxygen atoms in total. The van der Waals surface area contributed by atoms with Gasteiger partial charge in [-0.05, 0) is 24.8 Å². The normalized spacial score (nSPS) is 14.5. The zero-order valence-corrected chi connectivity index (χ0v) is 13.4. The molecule has 0 aromatic carbocycles. The lowest BCUT2D eigenvalue weighted by Crippen LogP contribution is -2.50. The van der Waals surface area contributed by atoms with E-state index < -0.39 is 6.23 Å². The van der Waals surface area contributed by atoms with Crippen molar-refractivity contribution in [1.82, 2.24) is 5.32 Å². The minimum Gasteiger partial charge on any atom is -0.378 e. The van der Waals surface area contributed by atoms with E-state index in [9.17, 15) is 5.11 Å². The topological polar surface area (TPSA) is 32.3 Å².